The van der Waals surface area contributed by atoms with Crippen LogP contribution in [0.3, 0.4) is 0 Å². The average molecular weight is 1720 g/mol. The Bertz CT molecular complexity index is 5360. The van der Waals surface area contributed by atoms with Crippen LogP contribution in [0.2, 0.25) is 0 Å². The summed E-state index contributed by atoms with van der Waals surface area (Å²) in [5, 5.41) is 72.0. The van der Waals surface area contributed by atoms with Crippen LogP contribution in [0.15, 0.2) is 97.3 Å². The number of carboxylic acid groups (broad SMARTS) is 2. The Kier molecular flexibility index (Phi) is 25.7. The first-order valence-electron chi connectivity index (χ1n) is 39.7. The van der Waals surface area contributed by atoms with Crippen molar-refractivity contribution in [1.82, 2.24) is 49.9 Å². The van der Waals surface area contributed by atoms with Crippen LogP contribution in [0.5, 0.6) is 0 Å². The first kappa shape index (κ1) is 87.7. The minimum Gasteiger partial charge on any atom is -0.479 e. The molecule has 5 fully saturated rings. The molecule has 7 aliphatic rings. The van der Waals surface area contributed by atoms with E-state index in [9.17, 15) is 94.6 Å². The molecule has 4 aromatic heterocycles. The van der Waals surface area contributed by atoms with Crippen LogP contribution in [0, 0.1) is 35.0 Å². The summed E-state index contributed by atoms with van der Waals surface area (Å²) in [4.78, 5) is 135. The van der Waals surface area contributed by atoms with Gasteiger partial charge >= 0.3 is 18.0 Å². The van der Waals surface area contributed by atoms with Gasteiger partial charge in [-0.25, -0.2) is 24.4 Å². The number of aryl methyl sites for hydroxylation is 2. The molecule has 5 amide bonds. The fraction of sp³-hybridized carbons (Fsp3) is 0.512. The van der Waals surface area contributed by atoms with Gasteiger partial charge in [0.15, 0.2) is 22.7 Å². The molecular weight excluding hydrogens is 1620 g/mol. The van der Waals surface area contributed by atoms with Gasteiger partial charge in [0.1, 0.15) is 42.2 Å². The fourth-order valence-corrected chi connectivity index (χ4v) is 21.2. The number of imide groups is 1. The third kappa shape index (κ3) is 20.0. The summed E-state index contributed by atoms with van der Waals surface area (Å²) in [6.45, 7) is 11.1. The molecule has 642 valence electrons. The zero-order chi connectivity index (χ0) is 86.3. The van der Waals surface area contributed by atoms with Gasteiger partial charge in [0, 0.05) is 99.0 Å². The Balaban J connectivity index is 0.669. The van der Waals surface area contributed by atoms with E-state index >= 15 is 0 Å². The van der Waals surface area contributed by atoms with Gasteiger partial charge in [-0.15, -0.1) is 5.10 Å². The fourth-order valence-electron chi connectivity index (χ4n) is 19.4. The molecule has 120 heavy (non-hydrogen) atoms. The van der Waals surface area contributed by atoms with Crippen LogP contribution >= 0.6 is 11.3 Å². The zero-order valence-electron chi connectivity index (χ0n) is 67.1. The van der Waals surface area contributed by atoms with E-state index in [-0.39, 0.29) is 78.9 Å². The first-order chi connectivity index (χ1) is 56.6. The second kappa shape index (κ2) is 35.1. The quantitative estimate of drug-likeness (QED) is 0.0146. The van der Waals surface area contributed by atoms with Crippen molar-refractivity contribution < 1.29 is 109 Å². The number of amides is 5. The molecule has 10 atom stereocenters. The van der Waals surface area contributed by atoms with Crippen LogP contribution in [0.25, 0.3) is 21.3 Å². The van der Waals surface area contributed by atoms with Crippen LogP contribution in [-0.4, -0.2) is 229 Å². The molecule has 0 radical (unpaired) electrons. The lowest BCUT2D eigenvalue weighted by Gasteiger charge is -2.69. The number of carboxylic acids is 2. The maximum atomic E-state index is 14.5. The number of aliphatic carboxylic acids is 1. The van der Waals surface area contributed by atoms with Crippen LogP contribution in [-0.2, 0) is 109 Å². The molecule has 4 bridgehead atoms. The number of ketones is 2. The monoisotopic (exact) mass is 1710 g/mol. The number of benzene rings is 3. The number of carbonyl (C=O) groups is 9. The highest BCUT2D eigenvalue weighted by molar-refractivity contribution is 7.86. The topological polar surface area (TPSA) is 499 Å². The van der Waals surface area contributed by atoms with Gasteiger partial charge in [-0.2, -0.15) is 21.9 Å². The largest absolute Gasteiger partial charge is 0.479 e. The SMILES string of the molecule is Cc1c(-c2ccc(N3CCc4cccc(C(=O)Nc5nc6ccccc6s5)c4C3)nc2C(=O)O)cnn1CC12CC3(C)CC(C)(C1)CC(OCCN(CCS(=O)(=O)O)C(=O)OCc1ccc(CC(=O)[C@H](C)NC(=O)[C@@H](CC(=O)C[C@@H](c4cn(CCCS(=O)(=O)O)nn4)N4C(=O)C=CC4=O)C(C)C)cc1CC[C@@H]1O[C@H](C(=O)O)[C@@H](O)[C@H](O)[C@H]1O)(C3)C2. The van der Waals surface area contributed by atoms with E-state index in [4.69, 9.17) is 24.3 Å². The third-order valence-electron chi connectivity index (χ3n) is 24.0. The summed E-state index contributed by atoms with van der Waals surface area (Å²) in [6, 6.07) is 19.0. The molecule has 4 aliphatic carbocycles. The van der Waals surface area contributed by atoms with Crippen molar-refractivity contribution in [3.63, 3.8) is 0 Å². The number of fused-ring (bicyclic) bond motifs is 2. The minimum atomic E-state index is -4.66. The molecule has 14 rings (SSSR count). The van der Waals surface area contributed by atoms with Crippen molar-refractivity contribution in [3.05, 3.63) is 148 Å². The smallest absolute Gasteiger partial charge is 0.410 e. The number of Topliss-reactive ketones (excluding diaryl/α,β-unsaturated/α-hetero) is 2. The predicted molar refractivity (Wildman–Crippen MR) is 432 cm³/mol. The predicted octanol–water partition coefficient (Wildman–Crippen LogP) is 6.68. The Morgan fingerprint density at radius 1 is 0.800 bits per heavy atom. The highest BCUT2D eigenvalue weighted by Gasteiger charge is 2.66. The molecule has 35 nitrogen and oxygen atoms in total. The Morgan fingerprint density at radius 2 is 1.52 bits per heavy atom. The van der Waals surface area contributed by atoms with E-state index in [1.807, 2.05) is 52.9 Å². The molecule has 2 unspecified atom stereocenters. The van der Waals surface area contributed by atoms with Crippen LogP contribution in [0.1, 0.15) is 165 Å². The number of rotatable bonds is 36. The first-order valence-corrected chi connectivity index (χ1v) is 43.8. The number of hydrogen-bond acceptors (Lipinski definition) is 26. The minimum absolute atomic E-state index is 0.0133. The van der Waals surface area contributed by atoms with E-state index in [0.717, 1.165) is 68.3 Å². The van der Waals surface area contributed by atoms with Gasteiger partial charge < -0.3 is 54.9 Å². The van der Waals surface area contributed by atoms with E-state index in [1.165, 1.54) is 35.2 Å². The molecular formula is C82H98N12O23S3. The van der Waals surface area contributed by atoms with Gasteiger partial charge in [-0.1, -0.05) is 86.7 Å². The number of pyridine rings is 1. The normalized spacial score (nSPS) is 24.1. The molecule has 3 aliphatic heterocycles. The lowest BCUT2D eigenvalue weighted by atomic mass is 9.39. The lowest BCUT2D eigenvalue weighted by molar-refractivity contribution is -0.248. The molecule has 7 aromatic rings. The molecule has 7 heterocycles. The van der Waals surface area contributed by atoms with E-state index < -0.39 is 165 Å². The highest BCUT2D eigenvalue weighted by Crippen LogP contribution is 2.72. The Morgan fingerprint density at radius 3 is 2.22 bits per heavy atom. The maximum Gasteiger partial charge on any atom is 0.410 e. The highest BCUT2D eigenvalue weighted by atomic mass is 32.2. The van der Waals surface area contributed by atoms with Gasteiger partial charge in [0.05, 0.1) is 64.5 Å². The summed E-state index contributed by atoms with van der Waals surface area (Å²) in [7, 11) is -8.95. The number of anilines is 2. The van der Waals surface area contributed by atoms with Gasteiger partial charge in [-0.3, -0.25) is 57.5 Å². The molecule has 4 saturated carbocycles. The van der Waals surface area contributed by atoms with Crippen molar-refractivity contribution in [2.24, 2.45) is 28.1 Å². The number of aliphatic hydroxyl groups excluding tert-OH is 3. The van der Waals surface area contributed by atoms with Crippen molar-refractivity contribution in [1.29, 1.82) is 0 Å². The van der Waals surface area contributed by atoms with Gasteiger partial charge in [0.25, 0.3) is 38.0 Å². The van der Waals surface area contributed by atoms with Gasteiger partial charge in [0.2, 0.25) is 5.91 Å². The number of carbonyl (C=O) groups excluding carboxylic acids is 7. The number of ether oxygens (including phenoxy) is 3. The second-order valence-electron chi connectivity index (χ2n) is 33.9. The standard InChI is InChI=1S/C82H98N12O23S3/c1-46(2)56(33-53(95)34-61(94-66(97)21-22-67(94)98)60-37-92(89-88-60)24-10-29-119(109,110)111)74(103)84-47(3)62(96)32-49-15-16-52(51(31-49)17-19-63-69(99)70(100)71(101)72(117-63)76(106)107)38-115-78(108)90(27-30-120(112,113)114)26-28-116-82-42-79(5)39-80(6,43-82)41-81(40-79,44-82)45-93-48(4)57(35-83-93)54-18-20-65(86-68(54)75(104)105)91-25-23-50-11-9-12-55(58(50)36-91)73(102)87-77-85-59-13-7-8-14-64(59)118-77/h7-9,11-16,18,20-22,31,35,37,46-47,56,61,63,69-72,99-101H,10,17,19,23-30,32-34,36,38-45H2,1-6H3,(H,84,103)(H,104,105)(H,106,107)(H,85,87,102)(H,109,110,111)(H,112,113,114)/t47-,56-,61-,63-,69-,70+,71-,72-,79?,80?,81?,82?/m0/s1. The Labute approximate surface area is 695 Å². The summed E-state index contributed by atoms with van der Waals surface area (Å²) in [6.07, 6.45) is -1.46. The molecule has 1 saturated heterocycles. The number of aromatic carboxylic acids is 1. The summed E-state index contributed by atoms with van der Waals surface area (Å²) in [5.74, 6) is -8.97. The molecule has 38 heteroatoms. The number of hydrogen-bond donors (Lipinski definition) is 9. The number of thiazole rings is 1. The maximum absolute atomic E-state index is 14.5. The van der Waals surface area contributed by atoms with Crippen molar-refractivity contribution in [2.45, 2.75) is 199 Å². The van der Waals surface area contributed by atoms with Gasteiger partial charge in [-0.05, 0) is 158 Å². The number of nitrogens with one attached hydrogen (secondary N) is 2. The van der Waals surface area contributed by atoms with E-state index in [1.54, 1.807) is 50.4 Å². The van der Waals surface area contributed by atoms with Crippen molar-refractivity contribution in [3.8, 4) is 11.1 Å². The number of aliphatic hydroxyl groups is 3. The Hall–Kier alpha value is -10.2. The number of nitrogens with zero attached hydrogens (tertiary/aromatic N) is 10. The molecule has 0 spiro atoms. The zero-order valence-corrected chi connectivity index (χ0v) is 69.5. The van der Waals surface area contributed by atoms with Crippen molar-refractivity contribution >= 4 is 106 Å². The average Bonchev–Trinajstić information content (AvgIpc) is 1.13. The number of para-hydroxylation sites is 1. The summed E-state index contributed by atoms with van der Waals surface area (Å²) < 4.78 is 89.3. The molecule has 9 N–H and O–H groups in total. The molecule has 3 aromatic carbocycles. The summed E-state index contributed by atoms with van der Waals surface area (Å²) in [5.41, 5.74) is 4.14. The lowest BCUT2D eigenvalue weighted by Crippen LogP contribution is -2.64. The van der Waals surface area contributed by atoms with Crippen molar-refractivity contribution in [2.75, 3.05) is 48.0 Å². The van der Waals surface area contributed by atoms with Crippen LogP contribution in [0.4, 0.5) is 15.7 Å². The van der Waals surface area contributed by atoms with E-state index in [0.29, 0.717) is 89.6 Å². The number of aromatic nitrogens is 7. The third-order valence-corrected chi connectivity index (χ3v) is 26.4. The van der Waals surface area contributed by atoms with E-state index in [2.05, 4.69) is 39.8 Å². The van der Waals surface area contributed by atoms with Crippen LogP contribution < -0.4 is 15.5 Å². The second-order valence-corrected chi connectivity index (χ2v) is 38.1. The summed E-state index contributed by atoms with van der Waals surface area (Å²) >= 11 is 1.38.